The van der Waals surface area contributed by atoms with E-state index in [2.05, 4.69) is 16.0 Å². The van der Waals surface area contributed by atoms with Crippen LogP contribution in [-0.2, 0) is 22.7 Å². The number of piperidine rings is 1. The predicted octanol–water partition coefficient (Wildman–Crippen LogP) is 0.537. The van der Waals surface area contributed by atoms with Gasteiger partial charge >= 0.3 is 0 Å². The maximum Gasteiger partial charge on any atom is 0.255 e. The first-order valence-corrected chi connectivity index (χ1v) is 9.80. The Hall–Kier alpha value is -2.25. The van der Waals surface area contributed by atoms with Gasteiger partial charge < -0.3 is 15.5 Å². The Morgan fingerprint density at radius 3 is 2.78 bits per heavy atom. The van der Waals surface area contributed by atoms with Crippen LogP contribution >= 0.6 is 0 Å². The molecule has 2 fully saturated rings. The smallest absolute Gasteiger partial charge is 0.255 e. The Balaban J connectivity index is 1.37. The molecule has 144 valence electrons. The van der Waals surface area contributed by atoms with Gasteiger partial charge in [0.1, 0.15) is 6.04 Å². The lowest BCUT2D eigenvalue weighted by Crippen LogP contribution is -2.52. The van der Waals surface area contributed by atoms with Crippen LogP contribution in [-0.4, -0.2) is 48.3 Å². The number of rotatable bonds is 7. The molecule has 7 nitrogen and oxygen atoms in total. The number of carbonyl (C=O) groups excluding carboxylic acids is 3. The summed E-state index contributed by atoms with van der Waals surface area (Å²) in [5.74, 6) is 0.0897. The number of amides is 3. The highest BCUT2D eigenvalue weighted by Gasteiger charge is 2.39. The number of benzene rings is 1. The highest BCUT2D eigenvalue weighted by molar-refractivity contribution is 6.05. The van der Waals surface area contributed by atoms with E-state index in [-0.39, 0.29) is 24.1 Å². The van der Waals surface area contributed by atoms with Crippen LogP contribution in [0, 0.1) is 5.92 Å². The molecule has 3 amide bonds. The molecular weight excluding hydrogens is 344 g/mol. The number of imide groups is 1. The quantitative estimate of drug-likeness (QED) is 0.481. The van der Waals surface area contributed by atoms with E-state index in [0.29, 0.717) is 18.5 Å². The van der Waals surface area contributed by atoms with Crippen molar-refractivity contribution in [2.45, 2.75) is 44.8 Å². The van der Waals surface area contributed by atoms with Crippen molar-refractivity contribution in [3.05, 3.63) is 34.9 Å². The normalized spacial score (nSPS) is 22.6. The van der Waals surface area contributed by atoms with Gasteiger partial charge in [0.05, 0.1) is 0 Å². The average Bonchev–Trinajstić information content (AvgIpc) is 2.94. The molecule has 2 saturated heterocycles. The Kier molecular flexibility index (Phi) is 5.22. The van der Waals surface area contributed by atoms with E-state index in [1.54, 1.807) is 4.90 Å². The number of hydrogen-bond acceptors (Lipinski definition) is 5. The summed E-state index contributed by atoms with van der Waals surface area (Å²) in [4.78, 5) is 37.9. The summed E-state index contributed by atoms with van der Waals surface area (Å²) in [5.41, 5.74) is 2.79. The molecule has 1 aromatic rings. The zero-order valence-corrected chi connectivity index (χ0v) is 15.4. The third-order valence-electron chi connectivity index (χ3n) is 5.83. The van der Waals surface area contributed by atoms with Gasteiger partial charge in [-0.1, -0.05) is 12.1 Å². The second-order valence-electron chi connectivity index (χ2n) is 7.69. The first kappa shape index (κ1) is 18.1. The van der Waals surface area contributed by atoms with Crippen LogP contribution in [0.3, 0.4) is 0 Å². The van der Waals surface area contributed by atoms with Crippen LogP contribution in [0.25, 0.3) is 0 Å². The molecule has 0 saturated carbocycles. The zero-order chi connectivity index (χ0) is 18.8. The third kappa shape index (κ3) is 3.75. The van der Waals surface area contributed by atoms with E-state index >= 15 is 0 Å². The molecule has 1 aromatic carbocycles. The van der Waals surface area contributed by atoms with Crippen molar-refractivity contribution in [1.82, 2.24) is 20.9 Å². The van der Waals surface area contributed by atoms with Crippen LogP contribution in [0.5, 0.6) is 0 Å². The Morgan fingerprint density at radius 2 is 2.04 bits per heavy atom. The maximum absolute atomic E-state index is 12.8. The van der Waals surface area contributed by atoms with Crippen molar-refractivity contribution in [1.29, 1.82) is 0 Å². The summed E-state index contributed by atoms with van der Waals surface area (Å²) in [6.07, 6.45) is 3.08. The number of nitrogens with zero attached hydrogens (tertiary/aromatic N) is 1. The van der Waals surface area contributed by atoms with Crippen molar-refractivity contribution < 1.29 is 14.4 Å². The molecule has 3 heterocycles. The zero-order valence-electron chi connectivity index (χ0n) is 15.4. The highest BCUT2D eigenvalue weighted by atomic mass is 16.2. The van der Waals surface area contributed by atoms with Crippen molar-refractivity contribution in [3.63, 3.8) is 0 Å². The summed E-state index contributed by atoms with van der Waals surface area (Å²) in [6.45, 7) is 4.41. The van der Waals surface area contributed by atoms with E-state index in [0.717, 1.165) is 49.6 Å². The van der Waals surface area contributed by atoms with E-state index in [4.69, 9.17) is 0 Å². The van der Waals surface area contributed by atoms with Crippen LogP contribution in [0.1, 0.15) is 47.2 Å². The van der Waals surface area contributed by atoms with Crippen LogP contribution in [0.15, 0.2) is 18.2 Å². The van der Waals surface area contributed by atoms with E-state index in [9.17, 15) is 14.4 Å². The van der Waals surface area contributed by atoms with Gasteiger partial charge in [-0.25, -0.2) is 0 Å². The van der Waals surface area contributed by atoms with Crippen molar-refractivity contribution in [2.24, 2.45) is 5.92 Å². The Labute approximate surface area is 158 Å². The second kappa shape index (κ2) is 7.78. The minimum absolute atomic E-state index is 0.112. The molecule has 7 heteroatoms. The molecule has 4 rings (SSSR count). The molecule has 0 spiro atoms. The monoisotopic (exact) mass is 370 g/mol. The minimum Gasteiger partial charge on any atom is -0.322 e. The van der Waals surface area contributed by atoms with Crippen molar-refractivity contribution in [3.8, 4) is 0 Å². The highest BCUT2D eigenvalue weighted by Crippen LogP contribution is 2.29. The molecule has 3 aliphatic heterocycles. The molecule has 3 aliphatic rings. The maximum atomic E-state index is 12.8. The number of carbonyl (C=O) groups is 3. The standard InChI is InChI=1S/C20H26N4O3/c25-18-7-6-17(19(26)23-18)24-12-16-14(4-1-5-15(16)20(24)27)11-21-8-2-3-13-9-22-10-13/h1,4-5,13,17,21-22H,2-3,6-12H2,(H,23,25,26). The fourth-order valence-corrected chi connectivity index (χ4v) is 4.11. The van der Waals surface area contributed by atoms with Gasteiger partial charge in [0.2, 0.25) is 11.8 Å². The lowest BCUT2D eigenvalue weighted by Gasteiger charge is -2.29. The number of hydrogen-bond donors (Lipinski definition) is 3. The lowest BCUT2D eigenvalue weighted by molar-refractivity contribution is -0.136. The van der Waals surface area contributed by atoms with Gasteiger partial charge in [0.25, 0.3) is 5.91 Å². The first-order chi connectivity index (χ1) is 13.1. The summed E-state index contributed by atoms with van der Waals surface area (Å²) in [6, 6.07) is 5.22. The largest absolute Gasteiger partial charge is 0.322 e. The van der Waals surface area contributed by atoms with Gasteiger partial charge in [-0.2, -0.15) is 0 Å². The SMILES string of the molecule is O=C1CCC(N2Cc3c(CNCCCC4CNC4)cccc3C2=O)C(=O)N1. The summed E-state index contributed by atoms with van der Waals surface area (Å²) < 4.78 is 0. The molecule has 27 heavy (non-hydrogen) atoms. The predicted molar refractivity (Wildman–Crippen MR) is 99.8 cm³/mol. The summed E-state index contributed by atoms with van der Waals surface area (Å²) in [7, 11) is 0. The molecule has 0 radical (unpaired) electrons. The van der Waals surface area contributed by atoms with Crippen LogP contribution in [0.4, 0.5) is 0 Å². The third-order valence-corrected chi connectivity index (χ3v) is 5.83. The molecule has 0 aliphatic carbocycles. The topological polar surface area (TPSA) is 90.5 Å². The fraction of sp³-hybridized carbons (Fsp3) is 0.550. The Morgan fingerprint density at radius 1 is 1.19 bits per heavy atom. The van der Waals surface area contributed by atoms with Crippen molar-refractivity contribution >= 4 is 17.7 Å². The molecule has 0 bridgehead atoms. The molecule has 1 unspecified atom stereocenters. The second-order valence-corrected chi connectivity index (χ2v) is 7.69. The lowest BCUT2D eigenvalue weighted by atomic mass is 9.97. The van der Waals surface area contributed by atoms with Crippen molar-refractivity contribution in [2.75, 3.05) is 19.6 Å². The van der Waals surface area contributed by atoms with Gasteiger partial charge in [-0.3, -0.25) is 19.7 Å². The summed E-state index contributed by atoms with van der Waals surface area (Å²) >= 11 is 0. The van der Waals surface area contributed by atoms with Gasteiger partial charge in [0.15, 0.2) is 0 Å². The molecular formula is C20H26N4O3. The van der Waals surface area contributed by atoms with Gasteiger partial charge in [-0.15, -0.1) is 0 Å². The summed E-state index contributed by atoms with van der Waals surface area (Å²) in [5, 5.41) is 9.12. The molecule has 0 aromatic heterocycles. The van der Waals surface area contributed by atoms with E-state index in [1.165, 1.54) is 6.42 Å². The number of nitrogens with one attached hydrogen (secondary N) is 3. The van der Waals surface area contributed by atoms with Gasteiger partial charge in [0, 0.05) is 25.1 Å². The van der Waals surface area contributed by atoms with E-state index in [1.807, 2.05) is 18.2 Å². The number of fused-ring (bicyclic) bond motifs is 1. The minimum atomic E-state index is -0.556. The van der Waals surface area contributed by atoms with Crippen LogP contribution < -0.4 is 16.0 Å². The Bertz CT molecular complexity index is 760. The molecule has 1 atom stereocenters. The van der Waals surface area contributed by atoms with Crippen LogP contribution in [0.2, 0.25) is 0 Å². The average molecular weight is 370 g/mol. The van der Waals surface area contributed by atoms with E-state index < -0.39 is 6.04 Å². The molecule has 3 N–H and O–H groups in total. The van der Waals surface area contributed by atoms with Gasteiger partial charge in [-0.05, 0) is 62.0 Å². The first-order valence-electron chi connectivity index (χ1n) is 9.80. The fourth-order valence-electron chi connectivity index (χ4n) is 4.11.